The molecule has 0 fully saturated rings. The van der Waals surface area contributed by atoms with Crippen molar-refractivity contribution < 1.29 is 13.5 Å². The molecule has 0 spiro atoms. The first-order valence-corrected chi connectivity index (χ1v) is 7.68. The maximum absolute atomic E-state index is 12.0. The highest BCUT2D eigenvalue weighted by Gasteiger charge is 2.23. The standard InChI is InChI=1S/C15H16O3S/c1-2-15(16)19(17,18)14-10-8-13(9-11-14)12-6-4-3-5-7-12/h3-11,15-16H,2H2,1H3. The van der Waals surface area contributed by atoms with Crippen molar-refractivity contribution in [2.24, 2.45) is 0 Å². The predicted molar refractivity (Wildman–Crippen MR) is 75.4 cm³/mol. The Bertz CT molecular complexity index is 631. The number of aliphatic hydroxyl groups excluding tert-OH is 1. The van der Waals surface area contributed by atoms with Crippen molar-refractivity contribution in [1.82, 2.24) is 0 Å². The molecule has 4 heteroatoms. The monoisotopic (exact) mass is 276 g/mol. The molecule has 0 bridgehead atoms. The number of benzene rings is 2. The molecule has 0 amide bonds. The van der Waals surface area contributed by atoms with E-state index in [0.717, 1.165) is 11.1 Å². The van der Waals surface area contributed by atoms with Crippen molar-refractivity contribution in [2.75, 3.05) is 0 Å². The fraction of sp³-hybridized carbons (Fsp3) is 0.200. The van der Waals surface area contributed by atoms with Gasteiger partial charge in [-0.05, 0) is 29.7 Å². The molecule has 19 heavy (non-hydrogen) atoms. The summed E-state index contributed by atoms with van der Waals surface area (Å²) in [6.45, 7) is 1.64. The molecule has 0 saturated heterocycles. The third-order valence-corrected chi connectivity index (χ3v) is 4.98. The minimum atomic E-state index is -3.63. The van der Waals surface area contributed by atoms with Gasteiger partial charge in [0.1, 0.15) is 0 Å². The van der Waals surface area contributed by atoms with E-state index in [1.165, 1.54) is 12.1 Å². The lowest BCUT2D eigenvalue weighted by Crippen LogP contribution is -2.19. The van der Waals surface area contributed by atoms with E-state index in [9.17, 15) is 13.5 Å². The summed E-state index contributed by atoms with van der Waals surface area (Å²) in [4.78, 5) is 0.154. The second kappa shape index (κ2) is 5.55. The third-order valence-electron chi connectivity index (χ3n) is 3.00. The molecule has 0 heterocycles. The molecule has 2 aromatic carbocycles. The molecule has 1 unspecified atom stereocenters. The summed E-state index contributed by atoms with van der Waals surface area (Å²) in [6, 6.07) is 16.3. The zero-order valence-electron chi connectivity index (χ0n) is 10.7. The predicted octanol–water partition coefficient (Wildman–Crippen LogP) is 2.86. The summed E-state index contributed by atoms with van der Waals surface area (Å²) < 4.78 is 23.9. The van der Waals surface area contributed by atoms with Crippen molar-refractivity contribution in [3.8, 4) is 11.1 Å². The van der Waals surface area contributed by atoms with Crippen LogP contribution in [-0.4, -0.2) is 19.0 Å². The highest BCUT2D eigenvalue weighted by molar-refractivity contribution is 7.91. The molecule has 0 aromatic heterocycles. The van der Waals surface area contributed by atoms with E-state index >= 15 is 0 Å². The minimum absolute atomic E-state index is 0.154. The topological polar surface area (TPSA) is 54.4 Å². The van der Waals surface area contributed by atoms with Crippen LogP contribution in [0.3, 0.4) is 0 Å². The van der Waals surface area contributed by atoms with Crippen LogP contribution in [0.1, 0.15) is 13.3 Å². The smallest absolute Gasteiger partial charge is 0.204 e. The Morgan fingerprint density at radius 3 is 2.00 bits per heavy atom. The van der Waals surface area contributed by atoms with E-state index in [4.69, 9.17) is 0 Å². The molecule has 1 atom stereocenters. The first kappa shape index (κ1) is 13.8. The van der Waals surface area contributed by atoms with Crippen LogP contribution in [-0.2, 0) is 9.84 Å². The number of aliphatic hydroxyl groups is 1. The third kappa shape index (κ3) is 2.85. The molecule has 0 aliphatic heterocycles. The Balaban J connectivity index is 2.35. The maximum Gasteiger partial charge on any atom is 0.204 e. The van der Waals surface area contributed by atoms with Gasteiger partial charge < -0.3 is 5.11 Å². The Labute approximate surface area is 113 Å². The van der Waals surface area contributed by atoms with Crippen LogP contribution in [0.25, 0.3) is 11.1 Å². The van der Waals surface area contributed by atoms with Crippen molar-refractivity contribution >= 4 is 9.84 Å². The number of sulfone groups is 1. The van der Waals surface area contributed by atoms with E-state index in [1.807, 2.05) is 30.3 Å². The SMILES string of the molecule is CCC(O)S(=O)(=O)c1ccc(-c2ccccc2)cc1. The first-order valence-electron chi connectivity index (χ1n) is 6.13. The molecule has 0 aliphatic rings. The van der Waals surface area contributed by atoms with Crippen molar-refractivity contribution in [2.45, 2.75) is 23.7 Å². The first-order chi connectivity index (χ1) is 9.05. The fourth-order valence-electron chi connectivity index (χ4n) is 1.84. The van der Waals surface area contributed by atoms with Gasteiger partial charge in [-0.1, -0.05) is 49.4 Å². The Morgan fingerprint density at radius 1 is 0.947 bits per heavy atom. The van der Waals surface area contributed by atoms with Gasteiger partial charge in [0.05, 0.1) is 4.90 Å². The molecule has 1 N–H and O–H groups in total. The van der Waals surface area contributed by atoms with Gasteiger partial charge in [0.25, 0.3) is 0 Å². The average Bonchev–Trinajstić information content (AvgIpc) is 2.47. The van der Waals surface area contributed by atoms with Crippen molar-refractivity contribution in [3.63, 3.8) is 0 Å². The summed E-state index contributed by atoms with van der Waals surface area (Å²) >= 11 is 0. The van der Waals surface area contributed by atoms with Gasteiger partial charge in [0.15, 0.2) is 5.44 Å². The van der Waals surface area contributed by atoms with Crippen LogP contribution in [0.4, 0.5) is 0 Å². The lowest BCUT2D eigenvalue weighted by atomic mass is 10.1. The van der Waals surface area contributed by atoms with Crippen molar-refractivity contribution in [3.05, 3.63) is 54.6 Å². The second-order valence-corrected chi connectivity index (χ2v) is 6.40. The quantitative estimate of drug-likeness (QED) is 0.934. The van der Waals surface area contributed by atoms with E-state index in [2.05, 4.69) is 0 Å². The zero-order valence-corrected chi connectivity index (χ0v) is 11.5. The average molecular weight is 276 g/mol. The van der Waals surface area contributed by atoms with Crippen molar-refractivity contribution in [1.29, 1.82) is 0 Å². The van der Waals surface area contributed by atoms with Crippen LogP contribution in [0, 0.1) is 0 Å². The Kier molecular flexibility index (Phi) is 4.02. The maximum atomic E-state index is 12.0. The Hall–Kier alpha value is -1.65. The lowest BCUT2D eigenvalue weighted by molar-refractivity contribution is 0.244. The van der Waals surface area contributed by atoms with Gasteiger partial charge in [-0.2, -0.15) is 0 Å². The molecule has 0 radical (unpaired) electrons. The summed E-state index contributed by atoms with van der Waals surface area (Å²) in [5.41, 5.74) is 0.642. The fourth-order valence-corrected chi connectivity index (χ4v) is 3.11. The van der Waals surface area contributed by atoms with E-state index in [1.54, 1.807) is 19.1 Å². The molecule has 2 rings (SSSR count). The number of rotatable bonds is 4. The van der Waals surface area contributed by atoms with E-state index in [0.29, 0.717) is 0 Å². The molecular formula is C15H16O3S. The van der Waals surface area contributed by atoms with Crippen LogP contribution in [0.5, 0.6) is 0 Å². The molecule has 0 saturated carbocycles. The molecule has 100 valence electrons. The Morgan fingerprint density at radius 2 is 1.47 bits per heavy atom. The van der Waals surface area contributed by atoms with E-state index < -0.39 is 15.3 Å². The van der Waals surface area contributed by atoms with Gasteiger partial charge in [-0.3, -0.25) is 0 Å². The highest BCUT2D eigenvalue weighted by Crippen LogP contribution is 2.23. The largest absolute Gasteiger partial charge is 0.377 e. The molecule has 0 aliphatic carbocycles. The summed E-state index contributed by atoms with van der Waals surface area (Å²) in [5, 5.41) is 9.54. The summed E-state index contributed by atoms with van der Waals surface area (Å²) in [7, 11) is -3.63. The molecule has 2 aromatic rings. The van der Waals surface area contributed by atoms with Gasteiger partial charge in [0.2, 0.25) is 9.84 Å². The van der Waals surface area contributed by atoms with Gasteiger partial charge in [0, 0.05) is 0 Å². The van der Waals surface area contributed by atoms with Crippen LogP contribution in [0.15, 0.2) is 59.5 Å². The zero-order chi connectivity index (χ0) is 13.9. The number of hydrogen-bond donors (Lipinski definition) is 1. The normalized spacial score (nSPS) is 13.2. The lowest BCUT2D eigenvalue weighted by Gasteiger charge is -2.10. The van der Waals surface area contributed by atoms with Crippen LogP contribution >= 0.6 is 0 Å². The second-order valence-electron chi connectivity index (χ2n) is 4.30. The summed E-state index contributed by atoms with van der Waals surface area (Å²) in [5.74, 6) is 0. The summed E-state index contributed by atoms with van der Waals surface area (Å²) in [6.07, 6.45) is 0.183. The van der Waals surface area contributed by atoms with Crippen LogP contribution in [0.2, 0.25) is 0 Å². The van der Waals surface area contributed by atoms with E-state index in [-0.39, 0.29) is 11.3 Å². The van der Waals surface area contributed by atoms with Crippen LogP contribution < -0.4 is 0 Å². The molecular weight excluding hydrogens is 260 g/mol. The van der Waals surface area contributed by atoms with Gasteiger partial charge in [-0.15, -0.1) is 0 Å². The van der Waals surface area contributed by atoms with Gasteiger partial charge in [-0.25, -0.2) is 8.42 Å². The molecule has 3 nitrogen and oxygen atoms in total. The van der Waals surface area contributed by atoms with Gasteiger partial charge >= 0.3 is 0 Å². The highest BCUT2D eigenvalue weighted by atomic mass is 32.2. The number of hydrogen-bond acceptors (Lipinski definition) is 3. The minimum Gasteiger partial charge on any atom is -0.377 e.